The Hall–Kier alpha value is -4.15. The van der Waals surface area contributed by atoms with Gasteiger partial charge in [-0.1, -0.05) is 26.0 Å². The summed E-state index contributed by atoms with van der Waals surface area (Å²) in [6.45, 7) is 14.3. The van der Waals surface area contributed by atoms with Gasteiger partial charge in [0.2, 0.25) is 23.6 Å². The van der Waals surface area contributed by atoms with E-state index in [0.29, 0.717) is 125 Å². The molecule has 0 aliphatic heterocycles. The van der Waals surface area contributed by atoms with E-state index in [-0.39, 0.29) is 38.2 Å². The number of aromatic nitrogens is 3. The van der Waals surface area contributed by atoms with Crippen LogP contribution < -0.4 is 32.1 Å². The van der Waals surface area contributed by atoms with E-state index in [1.54, 1.807) is 16.4 Å². The number of hydrogen-bond acceptors (Lipinski definition) is 19. The lowest BCUT2D eigenvalue weighted by molar-refractivity contribution is -0.128. The van der Waals surface area contributed by atoms with Crippen molar-refractivity contribution in [2.45, 2.75) is 40.3 Å². The van der Waals surface area contributed by atoms with Crippen molar-refractivity contribution in [1.82, 2.24) is 47.1 Å². The van der Waals surface area contributed by atoms with Gasteiger partial charge in [0.05, 0.1) is 151 Å². The van der Waals surface area contributed by atoms with Gasteiger partial charge in [-0.3, -0.25) is 19.2 Å². The lowest BCUT2D eigenvalue weighted by Crippen LogP contribution is -2.45. The molecule has 364 valence electrons. The molecule has 0 spiro atoms. The number of hydroxylamine groups is 1. The molecule has 1 aromatic heterocycles. The fourth-order valence-electron chi connectivity index (χ4n) is 4.33. The maximum absolute atomic E-state index is 12.0. The lowest BCUT2D eigenvalue weighted by Gasteiger charge is -2.17. The number of hydrogen-bond donors (Lipinski definition) is 7. The average molecular weight is 910 g/mol. The van der Waals surface area contributed by atoms with Crippen LogP contribution in [0.1, 0.15) is 32.9 Å². The standard InChI is InChI=1S/C38H71N9O16/c1-38(2,3)4-8-54-10-12-56-14-16-58-18-20-60-22-24-62-25-23-61-21-19-59-17-15-57-13-11-55-9-7-47-30-32(45-46-47)31-63-37(52)40-6-5-39-33(48)26-41-34(49)27-42-35(50)28-43-36(51)29-44-53/h30,44,53H,4-29,31H2,1-3H3,(H,39,48)(H,40,52)(H,41,49)(H,42,50)(H,43,51). The van der Waals surface area contributed by atoms with Crippen molar-refractivity contribution in [3.63, 3.8) is 0 Å². The monoisotopic (exact) mass is 910 g/mol. The molecular weight excluding hydrogens is 838 g/mol. The summed E-state index contributed by atoms with van der Waals surface area (Å²) in [4.78, 5) is 58.4. The van der Waals surface area contributed by atoms with Gasteiger partial charge in [0, 0.05) is 19.7 Å². The first kappa shape index (κ1) is 56.9. The molecule has 0 atom stereocenters. The number of carbonyl (C=O) groups excluding carboxylic acids is 5. The molecule has 63 heavy (non-hydrogen) atoms. The van der Waals surface area contributed by atoms with Crippen molar-refractivity contribution in [3.8, 4) is 0 Å². The second-order valence-corrected chi connectivity index (χ2v) is 14.3. The van der Waals surface area contributed by atoms with Gasteiger partial charge in [0.1, 0.15) is 12.3 Å². The van der Waals surface area contributed by atoms with Crippen LogP contribution in [0.5, 0.6) is 0 Å². The first-order chi connectivity index (χ1) is 30.5. The smallest absolute Gasteiger partial charge is 0.407 e. The number of alkyl carbamates (subject to hydrolysis) is 1. The minimum absolute atomic E-state index is 0.0577. The topological polar surface area (TPSA) is 301 Å². The van der Waals surface area contributed by atoms with Crippen molar-refractivity contribution in [2.24, 2.45) is 5.41 Å². The van der Waals surface area contributed by atoms with Crippen LogP contribution in [-0.4, -0.2) is 208 Å². The Balaban J connectivity index is 1.83. The van der Waals surface area contributed by atoms with Crippen molar-refractivity contribution >= 4 is 29.7 Å². The summed E-state index contributed by atoms with van der Waals surface area (Å²) in [6.07, 6.45) is 1.92. The van der Waals surface area contributed by atoms with Gasteiger partial charge in [-0.15, -0.1) is 5.10 Å². The Kier molecular flexibility index (Phi) is 35.6. The quantitative estimate of drug-likeness (QED) is 0.0264. The van der Waals surface area contributed by atoms with Crippen LogP contribution in [0.15, 0.2) is 6.20 Å². The zero-order chi connectivity index (χ0) is 46.1. The molecule has 0 saturated heterocycles. The molecule has 0 fully saturated rings. The average Bonchev–Trinajstić information content (AvgIpc) is 3.71. The summed E-state index contributed by atoms with van der Waals surface area (Å²) in [5, 5.41) is 28.1. The molecule has 0 radical (unpaired) electrons. The summed E-state index contributed by atoms with van der Waals surface area (Å²) < 4.78 is 56.2. The second-order valence-electron chi connectivity index (χ2n) is 14.3. The molecule has 1 heterocycles. The fraction of sp³-hybridized carbons (Fsp3) is 0.816. The number of carbonyl (C=O) groups is 5. The molecule has 0 aliphatic rings. The highest BCUT2D eigenvalue weighted by atomic mass is 16.6. The van der Waals surface area contributed by atoms with Crippen molar-refractivity contribution in [1.29, 1.82) is 0 Å². The van der Waals surface area contributed by atoms with E-state index >= 15 is 0 Å². The highest BCUT2D eigenvalue weighted by molar-refractivity contribution is 5.90. The molecule has 7 N–H and O–H groups in total. The summed E-state index contributed by atoms with van der Waals surface area (Å²) in [5.41, 5.74) is 2.35. The third-order valence-electron chi connectivity index (χ3n) is 7.67. The van der Waals surface area contributed by atoms with Crippen molar-refractivity contribution in [2.75, 3.05) is 158 Å². The Morgan fingerprint density at radius 2 is 0.889 bits per heavy atom. The van der Waals surface area contributed by atoms with Crippen LogP contribution in [0.2, 0.25) is 0 Å². The molecule has 0 saturated carbocycles. The summed E-state index contributed by atoms with van der Waals surface area (Å²) in [5.74, 6) is -2.41. The first-order valence-corrected chi connectivity index (χ1v) is 20.9. The molecule has 0 aromatic carbocycles. The van der Waals surface area contributed by atoms with Gasteiger partial charge >= 0.3 is 6.09 Å². The van der Waals surface area contributed by atoms with Gasteiger partial charge < -0.3 is 79.2 Å². The Morgan fingerprint density at radius 1 is 0.524 bits per heavy atom. The molecular formula is C38H71N9O16. The SMILES string of the molecule is CC(C)(C)CCOCCOCCOCCOCCOCCOCCOCCOCCOCCn1cc(COC(=O)NCCNC(=O)CNC(=O)CNC(=O)CNC(=O)CNO)nn1. The van der Waals surface area contributed by atoms with Crippen LogP contribution >= 0.6 is 0 Å². The van der Waals surface area contributed by atoms with Gasteiger partial charge in [0.15, 0.2) is 0 Å². The molecule has 0 unspecified atom stereocenters. The van der Waals surface area contributed by atoms with E-state index in [1.807, 2.05) is 0 Å². The van der Waals surface area contributed by atoms with Gasteiger partial charge in [-0.05, 0) is 11.8 Å². The van der Waals surface area contributed by atoms with E-state index < -0.39 is 42.8 Å². The summed E-state index contributed by atoms with van der Waals surface area (Å²) >= 11 is 0. The van der Waals surface area contributed by atoms with Gasteiger partial charge in [-0.2, -0.15) is 5.48 Å². The van der Waals surface area contributed by atoms with Crippen LogP contribution in [0, 0.1) is 5.41 Å². The zero-order valence-corrected chi connectivity index (χ0v) is 37.1. The summed E-state index contributed by atoms with van der Waals surface area (Å²) in [6, 6.07) is 0. The predicted molar refractivity (Wildman–Crippen MR) is 221 cm³/mol. The number of nitrogens with zero attached hydrogens (tertiary/aromatic N) is 3. The number of nitrogens with one attached hydrogen (secondary N) is 6. The maximum Gasteiger partial charge on any atom is 0.407 e. The maximum atomic E-state index is 12.0. The molecule has 25 heteroatoms. The van der Waals surface area contributed by atoms with E-state index in [9.17, 15) is 24.0 Å². The van der Waals surface area contributed by atoms with Crippen LogP contribution in [0.25, 0.3) is 0 Å². The van der Waals surface area contributed by atoms with E-state index in [0.717, 1.165) is 13.0 Å². The Morgan fingerprint density at radius 3 is 1.30 bits per heavy atom. The fourth-order valence-corrected chi connectivity index (χ4v) is 4.33. The molecule has 1 aromatic rings. The second kappa shape index (κ2) is 39.4. The first-order valence-electron chi connectivity index (χ1n) is 20.9. The largest absolute Gasteiger partial charge is 0.443 e. The molecule has 0 aliphatic carbocycles. The van der Waals surface area contributed by atoms with Gasteiger partial charge in [-0.25, -0.2) is 9.48 Å². The third kappa shape index (κ3) is 39.2. The highest BCUT2D eigenvalue weighted by Gasteiger charge is 2.11. The van der Waals surface area contributed by atoms with Crippen molar-refractivity contribution in [3.05, 3.63) is 11.9 Å². The Labute approximate surface area is 368 Å². The van der Waals surface area contributed by atoms with Gasteiger partial charge in [0.25, 0.3) is 0 Å². The predicted octanol–water partition coefficient (Wildman–Crippen LogP) is -2.47. The molecule has 25 nitrogen and oxygen atoms in total. The van der Waals surface area contributed by atoms with E-state index in [4.69, 9.17) is 52.6 Å². The van der Waals surface area contributed by atoms with E-state index in [2.05, 4.69) is 57.7 Å². The minimum Gasteiger partial charge on any atom is -0.443 e. The highest BCUT2D eigenvalue weighted by Crippen LogP contribution is 2.17. The van der Waals surface area contributed by atoms with Crippen LogP contribution in [0.4, 0.5) is 4.79 Å². The molecule has 5 amide bonds. The summed E-state index contributed by atoms with van der Waals surface area (Å²) in [7, 11) is 0. The zero-order valence-electron chi connectivity index (χ0n) is 37.1. The number of amides is 5. The van der Waals surface area contributed by atoms with Crippen molar-refractivity contribution < 1.29 is 76.5 Å². The molecule has 1 rings (SSSR count). The third-order valence-corrected chi connectivity index (χ3v) is 7.67. The number of ether oxygens (including phenoxy) is 10. The van der Waals surface area contributed by atoms with Crippen LogP contribution in [-0.2, 0) is 79.7 Å². The molecule has 0 bridgehead atoms. The van der Waals surface area contributed by atoms with E-state index in [1.165, 1.54) is 0 Å². The minimum atomic E-state index is -0.728. The van der Waals surface area contributed by atoms with Crippen LogP contribution in [0.3, 0.4) is 0 Å². The Bertz CT molecular complexity index is 1340. The lowest BCUT2D eigenvalue weighted by atomic mass is 9.93. The number of rotatable bonds is 42. The normalized spacial score (nSPS) is 11.3.